The van der Waals surface area contributed by atoms with Crippen LogP contribution in [0.4, 0.5) is 16.2 Å². The maximum absolute atomic E-state index is 13.0. The number of benzene rings is 2. The number of methoxy groups -OCH3 is 2. The fraction of sp³-hybridized carbons (Fsp3) is 0.150. The lowest BCUT2D eigenvalue weighted by molar-refractivity contribution is -0.384. The molecule has 11 heteroatoms. The van der Waals surface area contributed by atoms with E-state index in [2.05, 4.69) is 21.2 Å². The van der Waals surface area contributed by atoms with E-state index in [-0.39, 0.29) is 17.0 Å². The summed E-state index contributed by atoms with van der Waals surface area (Å²) in [7, 11) is 2.26. The van der Waals surface area contributed by atoms with Crippen molar-refractivity contribution in [1.82, 2.24) is 5.32 Å². The van der Waals surface area contributed by atoms with Crippen LogP contribution in [-0.2, 0) is 19.1 Å². The number of nitro groups is 1. The third kappa shape index (κ3) is 4.26. The Balaban J connectivity index is 2.23. The second-order valence-electron chi connectivity index (χ2n) is 6.29. The Morgan fingerprint density at radius 3 is 2.13 bits per heavy atom. The maximum Gasteiger partial charge on any atom is 0.355 e. The van der Waals surface area contributed by atoms with Gasteiger partial charge in [-0.1, -0.05) is 15.9 Å². The number of nitro benzene ring substituents is 1. The number of carbonyl (C=O) groups excluding carboxylic acids is 3. The Hall–Kier alpha value is -3.73. The zero-order valence-electron chi connectivity index (χ0n) is 16.3. The molecule has 1 unspecified atom stereocenters. The molecule has 1 atom stereocenters. The van der Waals surface area contributed by atoms with Gasteiger partial charge in [-0.25, -0.2) is 14.4 Å². The summed E-state index contributed by atoms with van der Waals surface area (Å²) in [4.78, 5) is 49.8. The smallest absolute Gasteiger partial charge is 0.355 e. The number of carbonyl (C=O) groups is 3. The maximum atomic E-state index is 13.0. The molecule has 1 N–H and O–H groups in total. The van der Waals surface area contributed by atoms with Crippen LogP contribution < -0.4 is 10.2 Å². The first kappa shape index (κ1) is 22.0. The number of halogens is 1. The highest BCUT2D eigenvalue weighted by molar-refractivity contribution is 9.10. The van der Waals surface area contributed by atoms with Crippen LogP contribution >= 0.6 is 15.9 Å². The molecule has 1 heterocycles. The van der Waals surface area contributed by atoms with Gasteiger partial charge in [-0.15, -0.1) is 0 Å². The molecule has 2 amide bonds. The lowest BCUT2D eigenvalue weighted by Crippen LogP contribution is -2.50. The van der Waals surface area contributed by atoms with E-state index < -0.39 is 28.9 Å². The zero-order valence-corrected chi connectivity index (χ0v) is 17.9. The molecule has 3 rings (SSSR count). The molecule has 10 nitrogen and oxygen atoms in total. The van der Waals surface area contributed by atoms with Gasteiger partial charge in [0.1, 0.15) is 5.70 Å². The molecule has 0 radical (unpaired) electrons. The van der Waals surface area contributed by atoms with E-state index in [0.29, 0.717) is 11.3 Å². The van der Waals surface area contributed by atoms with E-state index in [1.807, 2.05) is 0 Å². The van der Waals surface area contributed by atoms with Gasteiger partial charge in [0, 0.05) is 16.6 Å². The van der Waals surface area contributed by atoms with Crippen molar-refractivity contribution in [3.63, 3.8) is 0 Å². The first-order valence-electron chi connectivity index (χ1n) is 8.79. The number of hydrogen-bond donors (Lipinski definition) is 1. The predicted molar refractivity (Wildman–Crippen MR) is 112 cm³/mol. The van der Waals surface area contributed by atoms with Crippen LogP contribution in [0.25, 0.3) is 0 Å². The van der Waals surface area contributed by atoms with Crippen LogP contribution in [0.5, 0.6) is 0 Å². The molecule has 31 heavy (non-hydrogen) atoms. The summed E-state index contributed by atoms with van der Waals surface area (Å²) in [5, 5.41) is 13.6. The van der Waals surface area contributed by atoms with Gasteiger partial charge >= 0.3 is 18.0 Å². The molecule has 0 fully saturated rings. The summed E-state index contributed by atoms with van der Waals surface area (Å²) >= 11 is 3.30. The number of nitrogens with zero attached hydrogens (tertiary/aromatic N) is 2. The van der Waals surface area contributed by atoms with E-state index in [1.165, 1.54) is 24.3 Å². The van der Waals surface area contributed by atoms with E-state index in [1.54, 1.807) is 24.3 Å². The van der Waals surface area contributed by atoms with Gasteiger partial charge < -0.3 is 14.8 Å². The van der Waals surface area contributed by atoms with Gasteiger partial charge in [-0.3, -0.25) is 15.0 Å². The number of anilines is 1. The second-order valence-corrected chi connectivity index (χ2v) is 7.20. The van der Waals surface area contributed by atoms with Gasteiger partial charge in [0.25, 0.3) is 5.69 Å². The third-order valence-electron chi connectivity index (χ3n) is 4.54. The summed E-state index contributed by atoms with van der Waals surface area (Å²) in [6, 6.07) is 9.92. The molecular weight excluding hydrogens is 474 g/mol. The average Bonchev–Trinajstić information content (AvgIpc) is 2.78. The highest BCUT2D eigenvalue weighted by Gasteiger charge is 2.42. The van der Waals surface area contributed by atoms with Crippen molar-refractivity contribution >= 4 is 45.3 Å². The van der Waals surface area contributed by atoms with Crippen molar-refractivity contribution in [3.05, 3.63) is 80.0 Å². The van der Waals surface area contributed by atoms with Crippen LogP contribution in [0.15, 0.2) is 64.3 Å². The van der Waals surface area contributed by atoms with Crippen LogP contribution in [0, 0.1) is 10.1 Å². The summed E-state index contributed by atoms with van der Waals surface area (Å²) in [6.07, 6.45) is 0. The number of urea groups is 1. The minimum Gasteiger partial charge on any atom is -0.466 e. The fourth-order valence-corrected chi connectivity index (χ4v) is 3.38. The molecule has 0 aromatic heterocycles. The van der Waals surface area contributed by atoms with Crippen molar-refractivity contribution in [2.75, 3.05) is 19.1 Å². The first-order chi connectivity index (χ1) is 14.8. The van der Waals surface area contributed by atoms with Crippen LogP contribution in [-0.4, -0.2) is 37.1 Å². The van der Waals surface area contributed by atoms with E-state index >= 15 is 0 Å². The summed E-state index contributed by atoms with van der Waals surface area (Å²) in [5.41, 5.74) is -0.00507. The minimum absolute atomic E-state index is 0.167. The Bertz CT molecular complexity index is 1080. The van der Waals surface area contributed by atoms with E-state index in [0.717, 1.165) is 23.6 Å². The van der Waals surface area contributed by atoms with Gasteiger partial charge in [-0.05, 0) is 42.0 Å². The molecule has 2 aromatic rings. The van der Waals surface area contributed by atoms with Gasteiger partial charge in [-0.2, -0.15) is 0 Å². The summed E-state index contributed by atoms with van der Waals surface area (Å²) < 4.78 is 10.5. The largest absolute Gasteiger partial charge is 0.466 e. The van der Waals surface area contributed by atoms with Crippen LogP contribution in [0.2, 0.25) is 0 Å². The number of nitrogens with one attached hydrogen (secondary N) is 1. The van der Waals surface area contributed by atoms with Crippen molar-refractivity contribution < 1.29 is 28.8 Å². The number of esters is 2. The molecule has 0 bridgehead atoms. The number of hydrogen-bond acceptors (Lipinski definition) is 7. The van der Waals surface area contributed by atoms with Crippen molar-refractivity contribution in [2.24, 2.45) is 0 Å². The molecule has 0 spiro atoms. The fourth-order valence-electron chi connectivity index (χ4n) is 3.12. The summed E-state index contributed by atoms with van der Waals surface area (Å²) in [5.74, 6) is -1.80. The molecule has 1 aliphatic heterocycles. The third-order valence-corrected chi connectivity index (χ3v) is 5.07. The first-order valence-corrected chi connectivity index (χ1v) is 9.59. The molecule has 0 aliphatic carbocycles. The lowest BCUT2D eigenvalue weighted by Gasteiger charge is -2.35. The Morgan fingerprint density at radius 1 is 1.03 bits per heavy atom. The molecule has 1 aliphatic rings. The summed E-state index contributed by atoms with van der Waals surface area (Å²) in [6.45, 7) is 0. The standard InChI is InChI=1S/C20H16BrN3O7/c1-30-18(25)15-16(11-3-7-14(8-4-11)24(28)29)22-20(27)23(17(15)19(26)31-2)13-9-5-12(21)6-10-13/h3-10,16H,1-2H3,(H,22,27). The van der Waals surface area contributed by atoms with Crippen molar-refractivity contribution in [3.8, 4) is 0 Å². The Morgan fingerprint density at radius 2 is 1.61 bits per heavy atom. The Kier molecular flexibility index (Phi) is 6.35. The lowest BCUT2D eigenvalue weighted by atomic mass is 9.94. The van der Waals surface area contributed by atoms with Crippen molar-refractivity contribution in [1.29, 1.82) is 0 Å². The number of rotatable bonds is 5. The van der Waals surface area contributed by atoms with Crippen LogP contribution in [0.3, 0.4) is 0 Å². The average molecular weight is 490 g/mol. The minimum atomic E-state index is -1.10. The zero-order chi connectivity index (χ0) is 22.7. The SMILES string of the molecule is COC(=O)C1=C(C(=O)OC)N(c2ccc(Br)cc2)C(=O)NC1c1ccc([N+](=O)[O-])cc1. The molecule has 0 saturated heterocycles. The van der Waals surface area contributed by atoms with Crippen LogP contribution in [0.1, 0.15) is 11.6 Å². The monoisotopic (exact) mass is 489 g/mol. The Labute approximate surface area is 184 Å². The highest BCUT2D eigenvalue weighted by atomic mass is 79.9. The highest BCUT2D eigenvalue weighted by Crippen LogP contribution is 2.35. The number of non-ortho nitro benzene ring substituents is 1. The number of amides is 2. The van der Waals surface area contributed by atoms with E-state index in [9.17, 15) is 24.5 Å². The molecule has 2 aromatic carbocycles. The molecule has 0 saturated carbocycles. The van der Waals surface area contributed by atoms with Gasteiger partial charge in [0.2, 0.25) is 0 Å². The second kappa shape index (κ2) is 8.96. The molecular formula is C20H16BrN3O7. The van der Waals surface area contributed by atoms with Crippen molar-refractivity contribution in [2.45, 2.75) is 6.04 Å². The normalized spacial score (nSPS) is 15.9. The van der Waals surface area contributed by atoms with E-state index in [4.69, 9.17) is 9.47 Å². The van der Waals surface area contributed by atoms with Gasteiger partial charge in [0.15, 0.2) is 0 Å². The number of ether oxygens (including phenoxy) is 2. The predicted octanol–water partition coefficient (Wildman–Crippen LogP) is 3.23. The quantitative estimate of drug-likeness (QED) is 0.387. The topological polar surface area (TPSA) is 128 Å². The van der Waals surface area contributed by atoms with Gasteiger partial charge in [0.05, 0.1) is 36.4 Å². The molecule has 160 valence electrons.